The van der Waals surface area contributed by atoms with Gasteiger partial charge in [-0.2, -0.15) is 0 Å². The fourth-order valence-corrected chi connectivity index (χ4v) is 4.19. The third-order valence-corrected chi connectivity index (χ3v) is 5.24. The Morgan fingerprint density at radius 1 is 1.45 bits per heavy atom. The lowest BCUT2D eigenvalue weighted by Crippen LogP contribution is -2.44. The van der Waals surface area contributed by atoms with Gasteiger partial charge in [-0.25, -0.2) is 4.98 Å². The molecule has 118 valence electrons. The Hall–Kier alpha value is -1.14. The molecule has 0 aliphatic carbocycles. The molecule has 2 aromatic rings. The predicted octanol–water partition coefficient (Wildman–Crippen LogP) is 3.80. The average Bonchev–Trinajstić information content (AvgIpc) is 3.02. The number of nitrogens with zero attached hydrogens (tertiary/aromatic N) is 2. The van der Waals surface area contributed by atoms with Gasteiger partial charge in [0, 0.05) is 23.1 Å². The van der Waals surface area contributed by atoms with Gasteiger partial charge in [-0.1, -0.05) is 27.3 Å². The van der Waals surface area contributed by atoms with Gasteiger partial charge in [0.1, 0.15) is 0 Å². The van der Waals surface area contributed by atoms with E-state index in [2.05, 4.69) is 32.2 Å². The van der Waals surface area contributed by atoms with E-state index in [0.717, 1.165) is 34.6 Å². The molecule has 1 aromatic carbocycles. The van der Waals surface area contributed by atoms with Gasteiger partial charge >= 0.3 is 0 Å². The number of rotatable bonds is 2. The largest absolute Gasteiger partial charge is 0.351 e. The van der Waals surface area contributed by atoms with Crippen LogP contribution in [0.1, 0.15) is 27.2 Å². The first kappa shape index (κ1) is 15.7. The fraction of sp³-hybridized carbons (Fsp3) is 0.500. The summed E-state index contributed by atoms with van der Waals surface area (Å²) in [6.07, 6.45) is 0.890. The van der Waals surface area contributed by atoms with Gasteiger partial charge in [0.25, 0.3) is 0 Å². The molecule has 0 spiro atoms. The molecule has 4 nitrogen and oxygen atoms in total. The predicted molar refractivity (Wildman–Crippen MR) is 95.5 cm³/mol. The zero-order chi connectivity index (χ0) is 15.9. The fourth-order valence-electron chi connectivity index (χ4n) is 2.64. The van der Waals surface area contributed by atoms with E-state index in [1.54, 1.807) is 11.3 Å². The summed E-state index contributed by atoms with van der Waals surface area (Å²) in [4.78, 5) is 19.2. The normalized spacial score (nSPS) is 18.9. The zero-order valence-corrected chi connectivity index (χ0v) is 15.4. The van der Waals surface area contributed by atoms with Crippen molar-refractivity contribution >= 4 is 48.5 Å². The van der Waals surface area contributed by atoms with Gasteiger partial charge in [0.15, 0.2) is 5.13 Å². The second-order valence-corrected chi connectivity index (χ2v) is 8.70. The molecule has 1 amide bonds. The van der Waals surface area contributed by atoms with Crippen LogP contribution in [0.15, 0.2) is 22.7 Å². The van der Waals surface area contributed by atoms with Crippen LogP contribution >= 0.6 is 27.3 Å². The van der Waals surface area contributed by atoms with E-state index in [9.17, 15) is 4.79 Å². The summed E-state index contributed by atoms with van der Waals surface area (Å²) in [7, 11) is 0. The Morgan fingerprint density at radius 3 is 2.95 bits per heavy atom. The number of carbonyl (C=O) groups is 1. The Bertz CT molecular complexity index is 707. The lowest BCUT2D eigenvalue weighted by atomic mass is 10.0. The third-order valence-electron chi connectivity index (χ3n) is 3.67. The van der Waals surface area contributed by atoms with Crippen LogP contribution in [0.3, 0.4) is 0 Å². The second kappa shape index (κ2) is 5.81. The summed E-state index contributed by atoms with van der Waals surface area (Å²) < 4.78 is 2.24. The minimum absolute atomic E-state index is 0.0537. The molecule has 6 heteroatoms. The molecule has 0 radical (unpaired) electrons. The first-order chi connectivity index (χ1) is 10.3. The van der Waals surface area contributed by atoms with Gasteiger partial charge in [0.05, 0.1) is 16.1 Å². The van der Waals surface area contributed by atoms with Crippen molar-refractivity contribution in [2.75, 3.05) is 18.0 Å². The standard InChI is InChI=1S/C16H20BrN3OS/c1-16(2,3)19-14(21)10-6-7-20(9-10)15-18-12-5-4-11(17)8-13(12)22-15/h4-5,8,10H,6-7,9H2,1-3H3,(H,19,21). The lowest BCUT2D eigenvalue weighted by Gasteiger charge is -2.23. The van der Waals surface area contributed by atoms with Crippen LogP contribution in [0.2, 0.25) is 0 Å². The maximum Gasteiger partial charge on any atom is 0.225 e. The van der Waals surface area contributed by atoms with Crippen LogP contribution < -0.4 is 10.2 Å². The number of halogens is 1. The summed E-state index contributed by atoms with van der Waals surface area (Å²) in [5, 5.41) is 4.09. The third kappa shape index (κ3) is 3.43. The highest BCUT2D eigenvalue weighted by Crippen LogP contribution is 2.33. The maximum atomic E-state index is 12.3. The van der Waals surface area contributed by atoms with E-state index in [-0.39, 0.29) is 17.4 Å². The van der Waals surface area contributed by atoms with Gasteiger partial charge < -0.3 is 10.2 Å². The molecule has 1 N–H and O–H groups in total. The zero-order valence-electron chi connectivity index (χ0n) is 13.0. The molecule has 2 heterocycles. The van der Waals surface area contributed by atoms with E-state index in [1.807, 2.05) is 32.9 Å². The minimum Gasteiger partial charge on any atom is -0.351 e. The Labute approximate surface area is 143 Å². The van der Waals surface area contributed by atoms with Crippen molar-refractivity contribution in [2.45, 2.75) is 32.7 Å². The van der Waals surface area contributed by atoms with Crippen molar-refractivity contribution in [3.8, 4) is 0 Å². The molecule has 1 aliphatic rings. The summed E-state index contributed by atoms with van der Waals surface area (Å²) in [5.41, 5.74) is 0.845. The number of thiazole rings is 1. The molecule has 3 rings (SSSR count). The van der Waals surface area contributed by atoms with Gasteiger partial charge in [-0.05, 0) is 45.4 Å². The SMILES string of the molecule is CC(C)(C)NC(=O)C1CCN(c2nc3ccc(Br)cc3s2)C1. The average molecular weight is 382 g/mol. The number of fused-ring (bicyclic) bond motifs is 1. The summed E-state index contributed by atoms with van der Waals surface area (Å²) in [6, 6.07) is 6.13. The quantitative estimate of drug-likeness (QED) is 0.860. The number of anilines is 1. The first-order valence-corrected chi connectivity index (χ1v) is 9.06. The lowest BCUT2D eigenvalue weighted by molar-refractivity contribution is -0.125. The van der Waals surface area contributed by atoms with Crippen molar-refractivity contribution < 1.29 is 4.79 Å². The van der Waals surface area contributed by atoms with Crippen LogP contribution in [-0.4, -0.2) is 29.5 Å². The monoisotopic (exact) mass is 381 g/mol. The molecule has 1 aliphatic heterocycles. The Morgan fingerprint density at radius 2 is 2.23 bits per heavy atom. The molecule has 1 fully saturated rings. The van der Waals surface area contributed by atoms with Crippen LogP contribution in [0.4, 0.5) is 5.13 Å². The second-order valence-electron chi connectivity index (χ2n) is 6.78. The highest BCUT2D eigenvalue weighted by molar-refractivity contribution is 9.10. The van der Waals surface area contributed by atoms with E-state index in [1.165, 1.54) is 4.70 Å². The molecule has 1 atom stereocenters. The summed E-state index contributed by atoms with van der Waals surface area (Å²) in [6.45, 7) is 7.70. The highest BCUT2D eigenvalue weighted by atomic mass is 79.9. The summed E-state index contributed by atoms with van der Waals surface area (Å²) >= 11 is 5.18. The molecule has 0 bridgehead atoms. The molecular weight excluding hydrogens is 362 g/mol. The van der Waals surface area contributed by atoms with Crippen molar-refractivity contribution in [3.63, 3.8) is 0 Å². The van der Waals surface area contributed by atoms with Crippen molar-refractivity contribution in [2.24, 2.45) is 5.92 Å². The molecule has 22 heavy (non-hydrogen) atoms. The van der Waals surface area contributed by atoms with Crippen molar-refractivity contribution in [3.05, 3.63) is 22.7 Å². The van der Waals surface area contributed by atoms with Crippen LogP contribution in [0, 0.1) is 5.92 Å². The Kier molecular flexibility index (Phi) is 4.16. The van der Waals surface area contributed by atoms with Crippen molar-refractivity contribution in [1.82, 2.24) is 10.3 Å². The van der Waals surface area contributed by atoms with E-state index in [4.69, 9.17) is 4.98 Å². The van der Waals surface area contributed by atoms with Crippen LogP contribution in [0.5, 0.6) is 0 Å². The van der Waals surface area contributed by atoms with E-state index >= 15 is 0 Å². The number of nitrogens with one attached hydrogen (secondary N) is 1. The molecule has 0 saturated carbocycles. The number of benzene rings is 1. The van der Waals surface area contributed by atoms with Gasteiger partial charge in [-0.15, -0.1) is 0 Å². The Balaban J connectivity index is 1.72. The van der Waals surface area contributed by atoms with Gasteiger partial charge in [0.2, 0.25) is 5.91 Å². The van der Waals surface area contributed by atoms with E-state index < -0.39 is 0 Å². The maximum absolute atomic E-state index is 12.3. The van der Waals surface area contributed by atoms with Gasteiger partial charge in [-0.3, -0.25) is 4.79 Å². The minimum atomic E-state index is -0.174. The van der Waals surface area contributed by atoms with E-state index in [0.29, 0.717) is 0 Å². The highest BCUT2D eigenvalue weighted by Gasteiger charge is 2.31. The molecule has 1 saturated heterocycles. The number of carbonyl (C=O) groups excluding carboxylic acids is 1. The molecule has 1 unspecified atom stereocenters. The van der Waals surface area contributed by atoms with Crippen molar-refractivity contribution in [1.29, 1.82) is 0 Å². The number of amides is 1. The topological polar surface area (TPSA) is 45.2 Å². The first-order valence-electron chi connectivity index (χ1n) is 7.45. The summed E-state index contributed by atoms with van der Waals surface area (Å²) in [5.74, 6) is 0.205. The van der Waals surface area contributed by atoms with Crippen LogP contribution in [-0.2, 0) is 4.79 Å². The molecular formula is C16H20BrN3OS. The number of aromatic nitrogens is 1. The number of hydrogen-bond donors (Lipinski definition) is 1. The number of hydrogen-bond acceptors (Lipinski definition) is 4. The smallest absolute Gasteiger partial charge is 0.225 e. The molecule has 1 aromatic heterocycles. The van der Waals surface area contributed by atoms with Crippen LogP contribution in [0.25, 0.3) is 10.2 Å².